The maximum Gasteiger partial charge on any atom is 0.294 e. The molecule has 0 saturated heterocycles. The van der Waals surface area contributed by atoms with Gasteiger partial charge < -0.3 is 10.0 Å². The number of thiazole rings is 1. The Bertz CT molecular complexity index is 1540. The molecule has 1 aromatic heterocycles. The highest BCUT2D eigenvalue weighted by Gasteiger charge is 2.45. The van der Waals surface area contributed by atoms with E-state index in [0.717, 1.165) is 40.5 Å². The number of Topliss-reactive ketones (excluding diaryl/α,β-unsaturated/α-hetero) is 1. The minimum Gasteiger partial charge on any atom is -0.503 e. The summed E-state index contributed by atoms with van der Waals surface area (Å²) in [7, 11) is 0. The molecule has 7 heteroatoms. The van der Waals surface area contributed by atoms with Gasteiger partial charge >= 0.3 is 0 Å². The lowest BCUT2D eigenvalue weighted by Gasteiger charge is -2.28. The van der Waals surface area contributed by atoms with Crippen LogP contribution in [0.25, 0.3) is 10.6 Å². The predicted octanol–water partition coefficient (Wildman–Crippen LogP) is 7.06. The maximum atomic E-state index is 14.1. The van der Waals surface area contributed by atoms with E-state index in [1.807, 2.05) is 85.8 Å². The number of aromatic nitrogens is 1. The fourth-order valence-electron chi connectivity index (χ4n) is 5.01. The van der Waals surface area contributed by atoms with E-state index in [2.05, 4.69) is 23.7 Å². The molecule has 3 aromatic carbocycles. The second-order valence-corrected chi connectivity index (χ2v) is 10.6. The maximum absolute atomic E-state index is 14.1. The summed E-state index contributed by atoms with van der Waals surface area (Å²) in [5.41, 5.74) is 5.02. The molecule has 0 saturated carbocycles. The zero-order chi connectivity index (χ0) is 27.7. The molecule has 198 valence electrons. The lowest BCUT2D eigenvalue weighted by atomic mass is 9.94. The third-order valence-electron chi connectivity index (χ3n) is 7.13. The second kappa shape index (κ2) is 10.9. The van der Waals surface area contributed by atoms with Crippen LogP contribution in [0, 0.1) is 13.8 Å². The van der Waals surface area contributed by atoms with Crippen LogP contribution in [0.2, 0.25) is 0 Å². The molecular weight excluding hydrogens is 506 g/mol. The zero-order valence-corrected chi connectivity index (χ0v) is 23.3. The van der Waals surface area contributed by atoms with Gasteiger partial charge in [0.1, 0.15) is 5.01 Å². The van der Waals surface area contributed by atoms with Crippen molar-refractivity contribution in [3.63, 3.8) is 0 Å². The largest absolute Gasteiger partial charge is 0.503 e. The molecule has 1 unspecified atom stereocenters. The molecule has 0 fully saturated rings. The summed E-state index contributed by atoms with van der Waals surface area (Å²) in [6.07, 6.45) is 0. The van der Waals surface area contributed by atoms with Crippen molar-refractivity contribution >= 4 is 34.4 Å². The molecule has 0 aliphatic carbocycles. The molecule has 1 N–H and O–H groups in total. The van der Waals surface area contributed by atoms with Crippen molar-refractivity contribution in [2.45, 2.75) is 33.7 Å². The van der Waals surface area contributed by atoms with E-state index in [1.165, 1.54) is 16.2 Å². The molecule has 5 rings (SSSR count). The van der Waals surface area contributed by atoms with Gasteiger partial charge in [-0.2, -0.15) is 0 Å². The fraction of sp³-hybridized carbons (Fsp3) is 0.219. The second-order valence-electron chi connectivity index (χ2n) is 9.57. The summed E-state index contributed by atoms with van der Waals surface area (Å²) in [6.45, 7) is 9.70. The number of carbonyl (C=O) groups is 2. The van der Waals surface area contributed by atoms with Gasteiger partial charge in [-0.25, -0.2) is 4.98 Å². The monoisotopic (exact) mass is 537 g/mol. The molecule has 1 aliphatic rings. The molecule has 0 spiro atoms. The molecule has 0 radical (unpaired) electrons. The molecule has 4 aromatic rings. The summed E-state index contributed by atoms with van der Waals surface area (Å²) in [5.74, 6) is -1.50. The van der Waals surface area contributed by atoms with Crippen molar-refractivity contribution in [1.82, 2.24) is 4.98 Å². The Morgan fingerprint density at radius 3 is 2.21 bits per heavy atom. The SMILES string of the molecule is CCN(CC)c1ccc(C2C(C(=O)c3sc(-c4ccccc4)nc3C)=C(O)C(=O)N2c2ccc(C)cc2)cc1. The quantitative estimate of drug-likeness (QED) is 0.244. The average molecular weight is 538 g/mol. The molecule has 6 nitrogen and oxygen atoms in total. The smallest absolute Gasteiger partial charge is 0.294 e. The van der Waals surface area contributed by atoms with Gasteiger partial charge in [-0.3, -0.25) is 14.5 Å². The minimum atomic E-state index is -0.778. The van der Waals surface area contributed by atoms with Gasteiger partial charge in [-0.15, -0.1) is 11.3 Å². The van der Waals surface area contributed by atoms with Crippen LogP contribution in [0.3, 0.4) is 0 Å². The van der Waals surface area contributed by atoms with Crippen molar-refractivity contribution < 1.29 is 14.7 Å². The van der Waals surface area contributed by atoms with Crippen LogP contribution in [-0.2, 0) is 4.79 Å². The number of benzene rings is 3. The number of aliphatic hydroxyl groups is 1. The average Bonchev–Trinajstić information content (AvgIpc) is 3.47. The van der Waals surface area contributed by atoms with E-state index < -0.39 is 17.7 Å². The lowest BCUT2D eigenvalue weighted by Crippen LogP contribution is -2.31. The number of ketones is 1. The highest BCUT2D eigenvalue weighted by Crippen LogP contribution is 2.43. The van der Waals surface area contributed by atoms with Crippen molar-refractivity contribution in [3.05, 3.63) is 112 Å². The Kier molecular flexibility index (Phi) is 7.35. The van der Waals surface area contributed by atoms with Crippen molar-refractivity contribution in [3.8, 4) is 10.6 Å². The lowest BCUT2D eigenvalue weighted by molar-refractivity contribution is -0.117. The van der Waals surface area contributed by atoms with E-state index in [-0.39, 0.29) is 11.4 Å². The molecule has 1 atom stereocenters. The number of amides is 1. The number of carbonyl (C=O) groups excluding carboxylic acids is 2. The van der Waals surface area contributed by atoms with Crippen LogP contribution < -0.4 is 9.80 Å². The van der Waals surface area contributed by atoms with Gasteiger partial charge in [-0.05, 0) is 57.5 Å². The first-order valence-corrected chi connectivity index (χ1v) is 13.9. The third-order valence-corrected chi connectivity index (χ3v) is 8.33. The summed E-state index contributed by atoms with van der Waals surface area (Å²) in [4.78, 5) is 36.5. The number of anilines is 2. The fourth-order valence-corrected chi connectivity index (χ4v) is 6.04. The number of aliphatic hydroxyl groups excluding tert-OH is 1. The van der Waals surface area contributed by atoms with E-state index in [1.54, 1.807) is 6.92 Å². The Labute approximate surface area is 232 Å². The van der Waals surface area contributed by atoms with Crippen molar-refractivity contribution in [1.29, 1.82) is 0 Å². The van der Waals surface area contributed by atoms with Gasteiger partial charge in [0, 0.05) is 30.0 Å². The first-order chi connectivity index (χ1) is 18.8. The molecule has 0 bridgehead atoms. The summed E-state index contributed by atoms with van der Waals surface area (Å²) in [5, 5.41) is 11.9. The topological polar surface area (TPSA) is 73.7 Å². The predicted molar refractivity (Wildman–Crippen MR) is 158 cm³/mol. The summed E-state index contributed by atoms with van der Waals surface area (Å²) >= 11 is 1.28. The molecule has 1 aliphatic heterocycles. The Hall–Kier alpha value is -4.23. The van der Waals surface area contributed by atoms with E-state index >= 15 is 0 Å². The van der Waals surface area contributed by atoms with Crippen LogP contribution in [0.4, 0.5) is 11.4 Å². The van der Waals surface area contributed by atoms with Gasteiger partial charge in [0.2, 0.25) is 5.78 Å². The van der Waals surface area contributed by atoms with E-state index in [0.29, 0.717) is 16.3 Å². The summed E-state index contributed by atoms with van der Waals surface area (Å²) in [6, 6.07) is 24.3. The third kappa shape index (κ3) is 4.86. The first-order valence-electron chi connectivity index (χ1n) is 13.1. The number of hydrogen-bond donors (Lipinski definition) is 1. The van der Waals surface area contributed by atoms with E-state index in [9.17, 15) is 14.7 Å². The number of hydrogen-bond acceptors (Lipinski definition) is 6. The van der Waals surface area contributed by atoms with Crippen LogP contribution >= 0.6 is 11.3 Å². The summed E-state index contributed by atoms with van der Waals surface area (Å²) < 4.78 is 0. The van der Waals surface area contributed by atoms with Crippen LogP contribution in [0.15, 0.2) is 90.2 Å². The molecule has 2 heterocycles. The number of nitrogens with zero attached hydrogens (tertiary/aromatic N) is 3. The van der Waals surface area contributed by atoms with Gasteiger partial charge in [0.15, 0.2) is 5.76 Å². The first kappa shape index (κ1) is 26.4. The molecule has 39 heavy (non-hydrogen) atoms. The standard InChI is InChI=1S/C32H31N3O3S/c1-5-34(6-2)24-18-14-22(15-19-24)27-26(29(37)32(38)35(27)25-16-12-20(3)13-17-25)28(36)30-21(4)33-31(39-30)23-10-8-7-9-11-23/h7-19,27,37H,5-6H2,1-4H3. The number of rotatable bonds is 8. The number of aryl methyl sites for hydroxylation is 2. The van der Waals surface area contributed by atoms with Crippen molar-refractivity contribution in [2.75, 3.05) is 22.9 Å². The van der Waals surface area contributed by atoms with Crippen LogP contribution in [-0.4, -0.2) is 34.9 Å². The zero-order valence-electron chi connectivity index (χ0n) is 22.5. The highest BCUT2D eigenvalue weighted by atomic mass is 32.1. The molecular formula is C32H31N3O3S. The van der Waals surface area contributed by atoms with E-state index in [4.69, 9.17) is 0 Å². The van der Waals surface area contributed by atoms with Gasteiger partial charge in [0.05, 0.1) is 22.2 Å². The van der Waals surface area contributed by atoms with Gasteiger partial charge in [0.25, 0.3) is 5.91 Å². The molecule has 1 amide bonds. The van der Waals surface area contributed by atoms with Gasteiger partial charge in [-0.1, -0.05) is 60.2 Å². The van der Waals surface area contributed by atoms with Crippen LogP contribution in [0.5, 0.6) is 0 Å². The Morgan fingerprint density at radius 2 is 1.59 bits per heavy atom. The normalized spacial score (nSPS) is 15.2. The minimum absolute atomic E-state index is 0.0718. The van der Waals surface area contributed by atoms with Crippen LogP contribution in [0.1, 0.15) is 46.4 Å². The Balaban J connectivity index is 1.61. The van der Waals surface area contributed by atoms with Crippen molar-refractivity contribution in [2.24, 2.45) is 0 Å². The highest BCUT2D eigenvalue weighted by molar-refractivity contribution is 7.17. The Morgan fingerprint density at radius 1 is 0.949 bits per heavy atom.